The maximum absolute atomic E-state index is 11.6. The van der Waals surface area contributed by atoms with Crippen molar-refractivity contribution < 1.29 is 14.3 Å². The summed E-state index contributed by atoms with van der Waals surface area (Å²) in [5, 5.41) is 10.3. The maximum Gasteiger partial charge on any atom is 0.372 e. The standard InChI is InChI=1S/C35H35N3O3S/c1-26-32-24-31(16-17-33(32)41-34(26)35(39)40)42-38(19-18-27-8-4-2-5-9-27)30-14-12-29(13-15-30)37-22-20-36(21-23-37)25-28-10-6-3-7-11-28/h2-17,24H,18-23,25H2,1H3,(H,39,40). The lowest BCUT2D eigenvalue weighted by Gasteiger charge is -2.36. The second kappa shape index (κ2) is 12.8. The third kappa shape index (κ3) is 6.48. The second-order valence-corrected chi connectivity index (χ2v) is 11.8. The fourth-order valence-electron chi connectivity index (χ4n) is 5.53. The first-order valence-electron chi connectivity index (χ1n) is 14.4. The SMILES string of the molecule is Cc1c(C(=O)O)oc2ccc(SN(CCc3ccccc3)c3ccc(N4CCN(Cc5ccccc5)CC4)cc3)cc12. The Hall–Kier alpha value is -4.20. The topological polar surface area (TPSA) is 60.2 Å². The fourth-order valence-corrected chi connectivity index (χ4v) is 6.49. The molecule has 1 saturated heterocycles. The number of hydrogen-bond donors (Lipinski definition) is 1. The van der Waals surface area contributed by atoms with Gasteiger partial charge in [-0.25, -0.2) is 4.79 Å². The molecular formula is C35H35N3O3S. The average molecular weight is 578 g/mol. The molecule has 1 fully saturated rings. The molecule has 0 unspecified atom stereocenters. The van der Waals surface area contributed by atoms with Crippen molar-refractivity contribution in [1.82, 2.24) is 4.90 Å². The van der Waals surface area contributed by atoms with Crippen molar-refractivity contribution in [2.45, 2.75) is 24.8 Å². The second-order valence-electron chi connectivity index (χ2n) is 10.7. The highest BCUT2D eigenvalue weighted by Crippen LogP contribution is 2.35. The lowest BCUT2D eigenvalue weighted by Crippen LogP contribution is -2.45. The molecule has 6 nitrogen and oxygen atoms in total. The van der Waals surface area contributed by atoms with E-state index >= 15 is 0 Å². The molecule has 1 aliphatic rings. The van der Waals surface area contributed by atoms with E-state index in [1.54, 1.807) is 18.9 Å². The van der Waals surface area contributed by atoms with Gasteiger partial charge >= 0.3 is 5.97 Å². The largest absolute Gasteiger partial charge is 0.475 e. The van der Waals surface area contributed by atoms with E-state index in [0.717, 1.165) is 61.7 Å². The van der Waals surface area contributed by atoms with Gasteiger partial charge in [0.05, 0.1) is 0 Å². The van der Waals surface area contributed by atoms with Gasteiger partial charge in [-0.15, -0.1) is 0 Å². The number of nitrogens with zero attached hydrogens (tertiary/aromatic N) is 3. The summed E-state index contributed by atoms with van der Waals surface area (Å²) in [5.74, 6) is -1.04. The molecule has 6 rings (SSSR count). The van der Waals surface area contributed by atoms with Crippen molar-refractivity contribution in [3.8, 4) is 0 Å². The van der Waals surface area contributed by atoms with E-state index in [2.05, 4.69) is 93.0 Å². The van der Waals surface area contributed by atoms with Gasteiger partial charge < -0.3 is 18.7 Å². The zero-order valence-corrected chi connectivity index (χ0v) is 24.6. The lowest BCUT2D eigenvalue weighted by molar-refractivity contribution is 0.0664. The highest BCUT2D eigenvalue weighted by molar-refractivity contribution is 8.00. The van der Waals surface area contributed by atoms with Crippen LogP contribution >= 0.6 is 11.9 Å². The van der Waals surface area contributed by atoms with Crippen LogP contribution in [-0.2, 0) is 13.0 Å². The molecule has 0 saturated carbocycles. The number of benzene rings is 4. The number of carbonyl (C=O) groups is 1. The summed E-state index contributed by atoms with van der Waals surface area (Å²) in [4.78, 5) is 17.6. The number of anilines is 2. The Morgan fingerprint density at radius 1 is 0.857 bits per heavy atom. The lowest BCUT2D eigenvalue weighted by atomic mass is 10.1. The number of carboxylic acids is 1. The minimum Gasteiger partial charge on any atom is -0.475 e. The molecule has 1 aromatic heterocycles. The summed E-state index contributed by atoms with van der Waals surface area (Å²) in [6, 6.07) is 36.0. The van der Waals surface area contributed by atoms with Crippen molar-refractivity contribution in [3.05, 3.63) is 126 Å². The van der Waals surface area contributed by atoms with E-state index in [4.69, 9.17) is 4.42 Å². The molecule has 0 spiro atoms. The van der Waals surface area contributed by atoms with Gasteiger partial charge in [0.2, 0.25) is 5.76 Å². The summed E-state index contributed by atoms with van der Waals surface area (Å²) in [5.41, 5.74) is 6.30. The molecule has 214 valence electrons. The number of hydrogen-bond acceptors (Lipinski definition) is 6. The molecule has 42 heavy (non-hydrogen) atoms. The Morgan fingerprint density at radius 2 is 1.52 bits per heavy atom. The van der Waals surface area contributed by atoms with Crippen LogP contribution in [0.25, 0.3) is 11.0 Å². The van der Waals surface area contributed by atoms with Gasteiger partial charge in [-0.3, -0.25) is 4.90 Å². The number of piperazine rings is 1. The first-order chi connectivity index (χ1) is 20.5. The van der Waals surface area contributed by atoms with Crippen molar-refractivity contribution in [3.63, 3.8) is 0 Å². The molecule has 0 atom stereocenters. The molecule has 1 N–H and O–H groups in total. The number of carboxylic acid groups (broad SMARTS) is 1. The van der Waals surface area contributed by atoms with E-state index in [1.165, 1.54) is 16.8 Å². The van der Waals surface area contributed by atoms with Crippen LogP contribution in [0.5, 0.6) is 0 Å². The van der Waals surface area contributed by atoms with E-state index in [0.29, 0.717) is 11.1 Å². The van der Waals surface area contributed by atoms with Crippen molar-refractivity contribution in [1.29, 1.82) is 0 Å². The van der Waals surface area contributed by atoms with E-state index < -0.39 is 5.97 Å². The summed E-state index contributed by atoms with van der Waals surface area (Å²) >= 11 is 1.67. The molecule has 5 aromatic rings. The van der Waals surface area contributed by atoms with Crippen LogP contribution in [0.2, 0.25) is 0 Å². The molecule has 0 amide bonds. The van der Waals surface area contributed by atoms with E-state index in [-0.39, 0.29) is 5.76 Å². The van der Waals surface area contributed by atoms with E-state index in [1.807, 2.05) is 24.3 Å². The highest BCUT2D eigenvalue weighted by Gasteiger charge is 2.20. The summed E-state index contributed by atoms with van der Waals surface area (Å²) in [7, 11) is 0. The molecule has 1 aliphatic heterocycles. The number of aryl methyl sites for hydroxylation is 1. The average Bonchev–Trinajstić information content (AvgIpc) is 3.36. The molecule has 0 radical (unpaired) electrons. The summed E-state index contributed by atoms with van der Waals surface area (Å²) in [6.45, 7) is 7.77. The predicted octanol–water partition coefficient (Wildman–Crippen LogP) is 7.52. The number of fused-ring (bicyclic) bond motifs is 1. The summed E-state index contributed by atoms with van der Waals surface area (Å²) < 4.78 is 7.91. The number of furan rings is 1. The maximum atomic E-state index is 11.6. The van der Waals surface area contributed by atoms with Crippen LogP contribution in [0.15, 0.2) is 112 Å². The molecule has 4 aromatic carbocycles. The van der Waals surface area contributed by atoms with Crippen molar-refractivity contribution >= 4 is 40.3 Å². The van der Waals surface area contributed by atoms with Gasteiger partial charge in [-0.05, 0) is 78.9 Å². The van der Waals surface area contributed by atoms with Gasteiger partial charge in [-0.1, -0.05) is 60.7 Å². The molecule has 2 heterocycles. The van der Waals surface area contributed by atoms with Crippen molar-refractivity contribution in [2.75, 3.05) is 41.9 Å². The van der Waals surface area contributed by atoms with Gasteiger partial charge in [0.15, 0.2) is 0 Å². The van der Waals surface area contributed by atoms with Crippen LogP contribution in [0, 0.1) is 6.92 Å². The van der Waals surface area contributed by atoms with Crippen molar-refractivity contribution in [2.24, 2.45) is 0 Å². The molecule has 7 heteroatoms. The van der Waals surface area contributed by atoms with Crippen LogP contribution in [0.1, 0.15) is 27.2 Å². The summed E-state index contributed by atoms with van der Waals surface area (Å²) in [6.07, 6.45) is 0.912. The van der Waals surface area contributed by atoms with Crippen LogP contribution in [0.4, 0.5) is 11.4 Å². The quantitative estimate of drug-likeness (QED) is 0.172. The Kier molecular flexibility index (Phi) is 8.49. The molecule has 0 aliphatic carbocycles. The van der Waals surface area contributed by atoms with Crippen LogP contribution < -0.4 is 9.21 Å². The first kappa shape index (κ1) is 27.9. The Bertz CT molecular complexity index is 1630. The van der Waals surface area contributed by atoms with Gasteiger partial charge in [0.25, 0.3) is 0 Å². The number of rotatable bonds is 10. The normalized spacial score (nSPS) is 13.9. The Morgan fingerprint density at radius 3 is 2.19 bits per heavy atom. The third-order valence-electron chi connectivity index (χ3n) is 7.89. The number of aromatic carboxylic acids is 1. The Labute approximate surface area is 251 Å². The van der Waals surface area contributed by atoms with Gasteiger partial charge in [-0.2, -0.15) is 0 Å². The zero-order chi connectivity index (χ0) is 28.9. The van der Waals surface area contributed by atoms with Crippen LogP contribution in [0.3, 0.4) is 0 Å². The van der Waals surface area contributed by atoms with Gasteiger partial charge in [0.1, 0.15) is 5.58 Å². The Balaban J connectivity index is 1.17. The monoisotopic (exact) mass is 577 g/mol. The molecule has 0 bridgehead atoms. The first-order valence-corrected chi connectivity index (χ1v) is 15.2. The van der Waals surface area contributed by atoms with E-state index in [9.17, 15) is 9.90 Å². The third-order valence-corrected chi connectivity index (χ3v) is 8.97. The fraction of sp³-hybridized carbons (Fsp3) is 0.229. The smallest absolute Gasteiger partial charge is 0.372 e. The highest BCUT2D eigenvalue weighted by atomic mass is 32.2. The minimum atomic E-state index is -1.04. The van der Waals surface area contributed by atoms with Gasteiger partial charge in [0, 0.05) is 66.5 Å². The zero-order valence-electron chi connectivity index (χ0n) is 23.8. The molecular weight excluding hydrogens is 542 g/mol. The minimum absolute atomic E-state index is 0.00423. The van der Waals surface area contributed by atoms with Crippen LogP contribution in [-0.4, -0.2) is 48.7 Å². The predicted molar refractivity (Wildman–Crippen MR) is 172 cm³/mol.